The maximum absolute atomic E-state index is 4.45. The molecule has 1 atom stereocenters. The highest BCUT2D eigenvalue weighted by Crippen LogP contribution is 2.44. The smallest absolute Gasteiger partial charge is 0.0571 e. The van der Waals surface area contributed by atoms with Crippen LogP contribution in [0, 0.1) is 0 Å². The molecular formula is C37H26N2. The van der Waals surface area contributed by atoms with E-state index in [2.05, 4.69) is 137 Å². The van der Waals surface area contributed by atoms with Crippen LogP contribution in [-0.4, -0.2) is 9.55 Å². The van der Waals surface area contributed by atoms with Crippen molar-refractivity contribution in [1.82, 2.24) is 9.55 Å². The SMILES string of the molecule is C1=CCC(c2c3ccccc3c(-c3ccccc3)c3cc(-n4c5ccccc5c5cnccc54)ccc23)C=C1. The van der Waals surface area contributed by atoms with E-state index in [9.17, 15) is 0 Å². The Morgan fingerprint density at radius 3 is 2.21 bits per heavy atom. The summed E-state index contributed by atoms with van der Waals surface area (Å²) >= 11 is 0. The summed E-state index contributed by atoms with van der Waals surface area (Å²) in [6.45, 7) is 0. The normalized spacial score (nSPS) is 15.1. The number of rotatable bonds is 3. The zero-order chi connectivity index (χ0) is 25.8. The minimum Gasteiger partial charge on any atom is -0.309 e. The van der Waals surface area contributed by atoms with E-state index < -0.39 is 0 Å². The molecule has 0 bridgehead atoms. The minimum absolute atomic E-state index is 0.345. The van der Waals surface area contributed by atoms with Gasteiger partial charge in [0.1, 0.15) is 0 Å². The van der Waals surface area contributed by atoms with Crippen LogP contribution in [0.25, 0.3) is 60.2 Å². The van der Waals surface area contributed by atoms with E-state index in [4.69, 9.17) is 0 Å². The van der Waals surface area contributed by atoms with Crippen LogP contribution in [0.4, 0.5) is 0 Å². The van der Waals surface area contributed by atoms with E-state index in [0.29, 0.717) is 5.92 Å². The summed E-state index contributed by atoms with van der Waals surface area (Å²) in [4.78, 5) is 4.45. The molecule has 0 saturated heterocycles. The van der Waals surface area contributed by atoms with Crippen molar-refractivity contribution in [3.05, 3.63) is 145 Å². The van der Waals surface area contributed by atoms with Gasteiger partial charge >= 0.3 is 0 Å². The highest BCUT2D eigenvalue weighted by molar-refractivity contribution is 6.16. The standard InChI is InChI=1S/C37H26N2/c1-3-11-25(12-4-1)36-29-16-7-8-17-30(29)37(26-13-5-2-6-14-26)32-23-27(19-20-31(32)36)39-34-18-10-9-15-28(34)33-24-38-22-21-35(33)39/h1-11,13-25H,12H2. The lowest BCUT2D eigenvalue weighted by molar-refractivity contribution is 0.870. The zero-order valence-corrected chi connectivity index (χ0v) is 21.5. The maximum Gasteiger partial charge on any atom is 0.0571 e. The second-order valence-electron chi connectivity index (χ2n) is 10.3. The Morgan fingerprint density at radius 1 is 0.615 bits per heavy atom. The van der Waals surface area contributed by atoms with Gasteiger partial charge in [-0.25, -0.2) is 0 Å². The van der Waals surface area contributed by atoms with Crippen LogP contribution in [-0.2, 0) is 0 Å². The topological polar surface area (TPSA) is 17.8 Å². The average molecular weight is 499 g/mol. The number of nitrogens with zero attached hydrogens (tertiary/aromatic N) is 2. The van der Waals surface area contributed by atoms with Gasteiger partial charge in [0.25, 0.3) is 0 Å². The number of benzene rings is 5. The molecule has 184 valence electrons. The average Bonchev–Trinajstić information content (AvgIpc) is 3.35. The molecule has 8 rings (SSSR count). The number of allylic oxidation sites excluding steroid dienone is 4. The molecule has 0 radical (unpaired) electrons. The van der Waals surface area contributed by atoms with Gasteiger partial charge in [0.05, 0.1) is 11.0 Å². The van der Waals surface area contributed by atoms with Crippen molar-refractivity contribution >= 4 is 43.4 Å². The fourth-order valence-electron chi connectivity index (χ4n) is 6.54. The summed E-state index contributed by atoms with van der Waals surface area (Å²) in [5, 5.41) is 7.65. The number of fused-ring (bicyclic) bond motifs is 5. The van der Waals surface area contributed by atoms with Crippen molar-refractivity contribution in [2.24, 2.45) is 0 Å². The van der Waals surface area contributed by atoms with Gasteiger partial charge in [-0.3, -0.25) is 4.98 Å². The Labute approximate surface area is 227 Å². The lowest BCUT2D eigenvalue weighted by Gasteiger charge is -2.23. The molecule has 39 heavy (non-hydrogen) atoms. The van der Waals surface area contributed by atoms with E-state index in [0.717, 1.165) is 12.1 Å². The lowest BCUT2D eigenvalue weighted by atomic mass is 9.81. The third-order valence-electron chi connectivity index (χ3n) is 8.20. The summed E-state index contributed by atoms with van der Waals surface area (Å²) in [5.74, 6) is 0.345. The summed E-state index contributed by atoms with van der Waals surface area (Å²) < 4.78 is 2.39. The van der Waals surface area contributed by atoms with E-state index in [1.165, 1.54) is 60.0 Å². The highest BCUT2D eigenvalue weighted by atomic mass is 15.0. The molecule has 1 aliphatic rings. The van der Waals surface area contributed by atoms with Crippen LogP contribution in [0.3, 0.4) is 0 Å². The molecule has 2 nitrogen and oxygen atoms in total. The van der Waals surface area contributed by atoms with E-state index in [1.807, 2.05) is 12.4 Å². The van der Waals surface area contributed by atoms with Gasteiger partial charge in [0.15, 0.2) is 0 Å². The second-order valence-corrected chi connectivity index (χ2v) is 10.3. The van der Waals surface area contributed by atoms with Crippen molar-refractivity contribution < 1.29 is 0 Å². The molecule has 2 heterocycles. The van der Waals surface area contributed by atoms with E-state index in [1.54, 1.807) is 0 Å². The molecule has 2 aromatic heterocycles. The Kier molecular flexibility index (Phi) is 4.99. The summed E-state index contributed by atoms with van der Waals surface area (Å²) in [6, 6.07) is 37.6. The Morgan fingerprint density at radius 2 is 1.36 bits per heavy atom. The Hall–Kier alpha value is -4.95. The predicted octanol–water partition coefficient (Wildman–Crippen LogP) is 9.75. The number of pyridine rings is 1. The first-order valence-corrected chi connectivity index (χ1v) is 13.6. The molecule has 0 spiro atoms. The molecule has 0 amide bonds. The van der Waals surface area contributed by atoms with Crippen molar-refractivity contribution in [2.45, 2.75) is 12.3 Å². The molecular weight excluding hydrogens is 472 g/mol. The van der Waals surface area contributed by atoms with Gasteiger partial charge < -0.3 is 4.57 Å². The van der Waals surface area contributed by atoms with Crippen molar-refractivity contribution in [2.75, 3.05) is 0 Å². The minimum atomic E-state index is 0.345. The van der Waals surface area contributed by atoms with Gasteiger partial charge in [-0.15, -0.1) is 0 Å². The first kappa shape index (κ1) is 22.1. The second kappa shape index (κ2) is 8.82. The fraction of sp³-hybridized carbons (Fsp3) is 0.0541. The molecule has 1 aliphatic carbocycles. The Bertz CT molecular complexity index is 2040. The van der Waals surface area contributed by atoms with Crippen LogP contribution in [0.2, 0.25) is 0 Å². The molecule has 2 heteroatoms. The largest absolute Gasteiger partial charge is 0.309 e. The molecule has 0 fully saturated rings. The third-order valence-corrected chi connectivity index (χ3v) is 8.20. The number of aromatic nitrogens is 2. The van der Waals surface area contributed by atoms with Gasteiger partial charge in [-0.05, 0) is 68.9 Å². The number of hydrogen-bond donors (Lipinski definition) is 0. The van der Waals surface area contributed by atoms with Gasteiger partial charge in [0, 0.05) is 34.8 Å². The lowest BCUT2D eigenvalue weighted by Crippen LogP contribution is -2.02. The van der Waals surface area contributed by atoms with E-state index in [-0.39, 0.29) is 0 Å². The number of para-hydroxylation sites is 1. The third kappa shape index (κ3) is 3.38. The molecule has 1 unspecified atom stereocenters. The predicted molar refractivity (Wildman–Crippen MR) is 165 cm³/mol. The van der Waals surface area contributed by atoms with Gasteiger partial charge in [-0.2, -0.15) is 0 Å². The van der Waals surface area contributed by atoms with Crippen LogP contribution in [0.15, 0.2) is 140 Å². The molecule has 0 saturated carbocycles. The van der Waals surface area contributed by atoms with Crippen molar-refractivity contribution in [3.8, 4) is 16.8 Å². The maximum atomic E-state index is 4.45. The monoisotopic (exact) mass is 498 g/mol. The Balaban J connectivity index is 1.52. The summed E-state index contributed by atoms with van der Waals surface area (Å²) in [6.07, 6.45) is 13.9. The van der Waals surface area contributed by atoms with Gasteiger partial charge in [-0.1, -0.05) is 103 Å². The summed E-state index contributed by atoms with van der Waals surface area (Å²) in [7, 11) is 0. The fourth-order valence-corrected chi connectivity index (χ4v) is 6.54. The van der Waals surface area contributed by atoms with Crippen LogP contribution >= 0.6 is 0 Å². The molecule has 0 N–H and O–H groups in total. The quantitative estimate of drug-likeness (QED) is 0.222. The molecule has 5 aromatic carbocycles. The van der Waals surface area contributed by atoms with Crippen molar-refractivity contribution in [3.63, 3.8) is 0 Å². The number of hydrogen-bond acceptors (Lipinski definition) is 1. The molecule has 0 aliphatic heterocycles. The highest BCUT2D eigenvalue weighted by Gasteiger charge is 2.21. The van der Waals surface area contributed by atoms with Crippen LogP contribution < -0.4 is 0 Å². The van der Waals surface area contributed by atoms with Crippen LogP contribution in [0.5, 0.6) is 0 Å². The first-order chi connectivity index (χ1) is 19.4. The first-order valence-electron chi connectivity index (χ1n) is 13.6. The zero-order valence-electron chi connectivity index (χ0n) is 21.5. The van der Waals surface area contributed by atoms with E-state index >= 15 is 0 Å². The summed E-state index contributed by atoms with van der Waals surface area (Å²) in [5.41, 5.74) is 7.49. The van der Waals surface area contributed by atoms with Gasteiger partial charge in [0.2, 0.25) is 0 Å². The van der Waals surface area contributed by atoms with Crippen molar-refractivity contribution in [1.29, 1.82) is 0 Å². The molecule has 7 aromatic rings. The van der Waals surface area contributed by atoms with Crippen LogP contribution in [0.1, 0.15) is 17.9 Å².